The van der Waals surface area contributed by atoms with Crippen molar-refractivity contribution in [3.63, 3.8) is 0 Å². The predicted molar refractivity (Wildman–Crippen MR) is 88.6 cm³/mol. The lowest BCUT2D eigenvalue weighted by atomic mass is 10.1. The summed E-state index contributed by atoms with van der Waals surface area (Å²) in [5.41, 5.74) is 5.83. The van der Waals surface area contributed by atoms with E-state index in [1.54, 1.807) is 6.33 Å². The predicted octanol–water partition coefficient (Wildman–Crippen LogP) is 2.46. The zero-order chi connectivity index (χ0) is 14.9. The van der Waals surface area contributed by atoms with E-state index in [0.717, 1.165) is 31.0 Å². The van der Waals surface area contributed by atoms with Crippen molar-refractivity contribution in [2.45, 2.75) is 38.8 Å². The van der Waals surface area contributed by atoms with Crippen LogP contribution in [0.15, 0.2) is 24.5 Å². The average molecular weight is 297 g/mol. The molecule has 1 N–H and O–H groups in total. The molecule has 5 nitrogen and oxygen atoms in total. The molecule has 2 aliphatic heterocycles. The zero-order valence-corrected chi connectivity index (χ0v) is 13.1. The molecule has 2 aliphatic rings. The lowest BCUT2D eigenvalue weighted by molar-refractivity contribution is 0.144. The van der Waals surface area contributed by atoms with Gasteiger partial charge in [-0.2, -0.15) is 0 Å². The van der Waals surface area contributed by atoms with E-state index in [1.165, 1.54) is 36.6 Å². The molecule has 3 heterocycles. The Hall–Kier alpha value is -1.72. The minimum atomic E-state index is 0.412. The fourth-order valence-electron chi connectivity index (χ4n) is 3.68. The Morgan fingerprint density at radius 2 is 2.09 bits per heavy atom. The van der Waals surface area contributed by atoms with Crippen molar-refractivity contribution in [3.8, 4) is 0 Å². The Labute approximate surface area is 131 Å². The second kappa shape index (κ2) is 5.82. The average Bonchev–Trinajstić information content (AvgIpc) is 3.08. The standard InChI is InChI=1S/C17H23N5/c1-13-6-7-15-14(11-13)17(19-12-18-15)21-9-3-2-5-16(21)22-10-4-8-20-22/h6-7,11-12,16,20H,2-5,8-10H2,1H3. The Morgan fingerprint density at radius 1 is 1.14 bits per heavy atom. The lowest BCUT2D eigenvalue weighted by Gasteiger charge is -2.41. The molecule has 4 rings (SSSR count). The van der Waals surface area contributed by atoms with Crippen LogP contribution < -0.4 is 10.3 Å². The summed E-state index contributed by atoms with van der Waals surface area (Å²) in [7, 11) is 0. The number of aromatic nitrogens is 2. The molecule has 0 bridgehead atoms. The van der Waals surface area contributed by atoms with Crippen LogP contribution in [-0.4, -0.2) is 40.8 Å². The van der Waals surface area contributed by atoms with Gasteiger partial charge in [0.15, 0.2) is 0 Å². The van der Waals surface area contributed by atoms with Crippen molar-refractivity contribution >= 4 is 16.7 Å². The molecule has 2 aromatic rings. The molecule has 1 aromatic heterocycles. The van der Waals surface area contributed by atoms with Crippen molar-refractivity contribution in [2.24, 2.45) is 0 Å². The van der Waals surface area contributed by atoms with Gasteiger partial charge in [0.25, 0.3) is 0 Å². The minimum absolute atomic E-state index is 0.412. The monoisotopic (exact) mass is 297 g/mol. The summed E-state index contributed by atoms with van der Waals surface area (Å²) in [5, 5.41) is 3.58. The third-order valence-electron chi connectivity index (χ3n) is 4.76. The van der Waals surface area contributed by atoms with Crippen LogP contribution in [0.3, 0.4) is 0 Å². The molecule has 0 aliphatic carbocycles. The van der Waals surface area contributed by atoms with Crippen LogP contribution in [0, 0.1) is 6.92 Å². The van der Waals surface area contributed by atoms with Crippen LogP contribution >= 0.6 is 0 Å². The van der Waals surface area contributed by atoms with Gasteiger partial charge in [-0.3, -0.25) is 5.43 Å². The molecular weight excluding hydrogens is 274 g/mol. The van der Waals surface area contributed by atoms with E-state index in [1.807, 2.05) is 0 Å². The summed E-state index contributed by atoms with van der Waals surface area (Å²) in [4.78, 5) is 11.6. The molecule has 1 atom stereocenters. The SMILES string of the molecule is Cc1ccc2ncnc(N3CCCCC3N3CCCN3)c2c1. The van der Waals surface area contributed by atoms with Crippen LogP contribution in [0.1, 0.15) is 31.2 Å². The molecule has 1 aromatic carbocycles. The molecule has 116 valence electrons. The quantitative estimate of drug-likeness (QED) is 0.922. The number of nitrogens with one attached hydrogen (secondary N) is 1. The van der Waals surface area contributed by atoms with E-state index >= 15 is 0 Å². The molecule has 0 spiro atoms. The number of piperidine rings is 1. The molecule has 5 heteroatoms. The third kappa shape index (κ3) is 2.44. The van der Waals surface area contributed by atoms with E-state index in [4.69, 9.17) is 0 Å². The number of hydrogen-bond donors (Lipinski definition) is 1. The largest absolute Gasteiger partial charge is 0.339 e. The molecule has 0 saturated carbocycles. The number of aryl methyl sites for hydroxylation is 1. The summed E-state index contributed by atoms with van der Waals surface area (Å²) in [5.74, 6) is 1.09. The second-order valence-electron chi connectivity index (χ2n) is 6.34. The molecule has 0 radical (unpaired) electrons. The summed E-state index contributed by atoms with van der Waals surface area (Å²) in [6, 6.07) is 6.44. The highest BCUT2D eigenvalue weighted by atomic mass is 15.6. The maximum absolute atomic E-state index is 4.65. The van der Waals surface area contributed by atoms with E-state index in [9.17, 15) is 0 Å². The van der Waals surface area contributed by atoms with Crippen LogP contribution in [0.5, 0.6) is 0 Å². The first-order valence-electron chi connectivity index (χ1n) is 8.31. The van der Waals surface area contributed by atoms with Gasteiger partial charge in [0.1, 0.15) is 12.1 Å². The van der Waals surface area contributed by atoms with Crippen LogP contribution in [0.4, 0.5) is 5.82 Å². The van der Waals surface area contributed by atoms with Crippen LogP contribution in [-0.2, 0) is 0 Å². The van der Waals surface area contributed by atoms with E-state index < -0.39 is 0 Å². The number of rotatable bonds is 2. The normalized spacial score (nSPS) is 23.3. The number of benzene rings is 1. The first kappa shape index (κ1) is 13.9. The summed E-state index contributed by atoms with van der Waals surface area (Å²) < 4.78 is 0. The number of fused-ring (bicyclic) bond motifs is 1. The second-order valence-corrected chi connectivity index (χ2v) is 6.34. The maximum atomic E-state index is 4.65. The minimum Gasteiger partial charge on any atom is -0.339 e. The highest BCUT2D eigenvalue weighted by Crippen LogP contribution is 2.30. The van der Waals surface area contributed by atoms with Gasteiger partial charge in [-0.05, 0) is 44.7 Å². The fraction of sp³-hybridized carbons (Fsp3) is 0.529. The lowest BCUT2D eigenvalue weighted by Crippen LogP contribution is -2.54. The van der Waals surface area contributed by atoms with Gasteiger partial charge in [0.2, 0.25) is 0 Å². The molecule has 2 saturated heterocycles. The van der Waals surface area contributed by atoms with Gasteiger partial charge in [-0.15, -0.1) is 0 Å². The summed E-state index contributed by atoms with van der Waals surface area (Å²) in [6.07, 6.45) is 7.08. The number of nitrogens with zero attached hydrogens (tertiary/aromatic N) is 4. The maximum Gasteiger partial charge on any atom is 0.141 e. The number of anilines is 1. The summed E-state index contributed by atoms with van der Waals surface area (Å²) >= 11 is 0. The van der Waals surface area contributed by atoms with Crippen molar-refractivity contribution in [2.75, 3.05) is 24.5 Å². The Morgan fingerprint density at radius 3 is 2.95 bits per heavy atom. The van der Waals surface area contributed by atoms with Gasteiger partial charge in [0, 0.05) is 25.0 Å². The molecule has 2 fully saturated rings. The first-order valence-corrected chi connectivity index (χ1v) is 8.31. The van der Waals surface area contributed by atoms with Gasteiger partial charge in [-0.1, -0.05) is 11.6 Å². The molecule has 1 unspecified atom stereocenters. The Balaban J connectivity index is 1.76. The number of hydrogen-bond acceptors (Lipinski definition) is 5. The van der Waals surface area contributed by atoms with Crippen LogP contribution in [0.25, 0.3) is 10.9 Å². The first-order chi connectivity index (χ1) is 10.8. The Bertz CT molecular complexity index is 665. The third-order valence-corrected chi connectivity index (χ3v) is 4.76. The van der Waals surface area contributed by atoms with E-state index in [2.05, 4.69) is 50.4 Å². The fourth-order valence-corrected chi connectivity index (χ4v) is 3.68. The molecule has 22 heavy (non-hydrogen) atoms. The van der Waals surface area contributed by atoms with Crippen molar-refractivity contribution in [1.29, 1.82) is 0 Å². The van der Waals surface area contributed by atoms with Crippen LogP contribution in [0.2, 0.25) is 0 Å². The zero-order valence-electron chi connectivity index (χ0n) is 13.1. The molecule has 0 amide bonds. The van der Waals surface area contributed by atoms with Crippen molar-refractivity contribution < 1.29 is 0 Å². The smallest absolute Gasteiger partial charge is 0.141 e. The molecular formula is C17H23N5. The van der Waals surface area contributed by atoms with Crippen molar-refractivity contribution in [3.05, 3.63) is 30.1 Å². The van der Waals surface area contributed by atoms with E-state index in [0.29, 0.717) is 6.17 Å². The highest BCUT2D eigenvalue weighted by Gasteiger charge is 2.31. The number of hydrazine groups is 1. The van der Waals surface area contributed by atoms with Gasteiger partial charge in [0.05, 0.1) is 11.7 Å². The topological polar surface area (TPSA) is 44.3 Å². The van der Waals surface area contributed by atoms with Gasteiger partial charge < -0.3 is 4.90 Å². The van der Waals surface area contributed by atoms with E-state index in [-0.39, 0.29) is 0 Å². The highest BCUT2D eigenvalue weighted by molar-refractivity contribution is 5.90. The van der Waals surface area contributed by atoms with Crippen molar-refractivity contribution in [1.82, 2.24) is 20.4 Å². The van der Waals surface area contributed by atoms with Gasteiger partial charge in [-0.25, -0.2) is 15.0 Å². The Kier molecular flexibility index (Phi) is 3.68. The summed E-state index contributed by atoms with van der Waals surface area (Å²) in [6.45, 7) is 5.42. The van der Waals surface area contributed by atoms with Gasteiger partial charge >= 0.3 is 0 Å².